The Kier molecular flexibility index (Phi) is 4.94. The van der Waals surface area contributed by atoms with Gasteiger partial charge in [-0.15, -0.1) is 0 Å². The highest BCUT2D eigenvalue weighted by molar-refractivity contribution is 7.89. The first kappa shape index (κ1) is 18.1. The summed E-state index contributed by atoms with van der Waals surface area (Å²) in [4.78, 5) is 0.196. The topological polar surface area (TPSA) is 74.3 Å². The van der Waals surface area contributed by atoms with Crippen molar-refractivity contribution in [2.24, 2.45) is 0 Å². The van der Waals surface area contributed by atoms with Gasteiger partial charge in [-0.3, -0.25) is 0 Å². The van der Waals surface area contributed by atoms with Gasteiger partial charge in [-0.1, -0.05) is 12.1 Å². The van der Waals surface area contributed by atoms with Crippen LogP contribution >= 0.6 is 0 Å². The van der Waals surface area contributed by atoms with Gasteiger partial charge in [0.25, 0.3) is 0 Å². The van der Waals surface area contributed by atoms with Gasteiger partial charge in [0, 0.05) is 19.2 Å². The summed E-state index contributed by atoms with van der Waals surface area (Å²) in [7, 11) is -2.05. The van der Waals surface area contributed by atoms with Gasteiger partial charge in [-0.2, -0.15) is 4.31 Å². The van der Waals surface area contributed by atoms with Gasteiger partial charge in [-0.25, -0.2) is 8.42 Å². The largest absolute Gasteiger partial charge is 0.497 e. The highest BCUT2D eigenvalue weighted by atomic mass is 32.2. The summed E-state index contributed by atoms with van der Waals surface area (Å²) in [6, 6.07) is 12.2. The second-order valence-corrected chi connectivity index (χ2v) is 8.24. The van der Waals surface area contributed by atoms with E-state index < -0.39 is 10.0 Å². The Morgan fingerprint density at radius 3 is 2.48 bits per heavy atom. The second kappa shape index (κ2) is 7.38. The maximum Gasteiger partial charge on any atom is 0.243 e. The van der Waals surface area contributed by atoms with E-state index in [0.717, 1.165) is 11.3 Å². The van der Waals surface area contributed by atoms with E-state index in [1.165, 1.54) is 10.4 Å². The van der Waals surface area contributed by atoms with Crippen LogP contribution < -0.4 is 14.2 Å². The molecule has 7 nitrogen and oxygen atoms in total. The first-order chi connectivity index (χ1) is 13.1. The Labute approximate surface area is 158 Å². The van der Waals surface area contributed by atoms with Crippen molar-refractivity contribution in [1.29, 1.82) is 0 Å². The first-order valence-corrected chi connectivity index (χ1v) is 10.2. The van der Waals surface area contributed by atoms with Crippen LogP contribution in [0.5, 0.6) is 17.2 Å². The molecule has 2 heterocycles. The van der Waals surface area contributed by atoms with Gasteiger partial charge in [0.15, 0.2) is 11.5 Å². The predicted molar refractivity (Wildman–Crippen MR) is 97.9 cm³/mol. The summed E-state index contributed by atoms with van der Waals surface area (Å²) in [5, 5.41) is 0. The predicted octanol–water partition coefficient (Wildman–Crippen LogP) is 2.23. The molecule has 4 rings (SSSR count). The molecule has 0 saturated carbocycles. The third-order valence-corrected chi connectivity index (χ3v) is 6.53. The van der Waals surface area contributed by atoms with Gasteiger partial charge in [0.05, 0.1) is 24.7 Å². The van der Waals surface area contributed by atoms with E-state index in [9.17, 15) is 8.42 Å². The van der Waals surface area contributed by atoms with Gasteiger partial charge in [-0.05, 0) is 29.8 Å². The number of morpholine rings is 1. The lowest BCUT2D eigenvalue weighted by molar-refractivity contribution is -0.00258. The molecule has 1 unspecified atom stereocenters. The van der Waals surface area contributed by atoms with Crippen molar-refractivity contribution in [3.8, 4) is 17.2 Å². The molecule has 0 spiro atoms. The van der Waals surface area contributed by atoms with E-state index in [2.05, 4.69) is 0 Å². The fraction of sp³-hybridized carbons (Fsp3) is 0.368. The molecule has 2 aliphatic rings. The first-order valence-electron chi connectivity index (χ1n) is 8.73. The maximum atomic E-state index is 13.1. The normalized spacial score (nSPS) is 20.3. The molecule has 0 amide bonds. The average Bonchev–Trinajstić information content (AvgIpc) is 2.73. The molecule has 0 aliphatic carbocycles. The highest BCUT2D eigenvalue weighted by Crippen LogP contribution is 2.34. The summed E-state index contributed by atoms with van der Waals surface area (Å²) in [6.45, 7) is 1.77. The number of benzene rings is 2. The van der Waals surface area contributed by atoms with Gasteiger partial charge in [0.1, 0.15) is 19.0 Å². The van der Waals surface area contributed by atoms with Crippen LogP contribution in [0.25, 0.3) is 0 Å². The average molecular weight is 391 g/mol. The summed E-state index contributed by atoms with van der Waals surface area (Å²) in [6.07, 6.45) is -0.323. The molecule has 0 N–H and O–H groups in total. The quantitative estimate of drug-likeness (QED) is 0.796. The third-order valence-electron chi connectivity index (χ3n) is 4.67. The smallest absolute Gasteiger partial charge is 0.243 e. The van der Waals surface area contributed by atoms with Crippen LogP contribution in [0.4, 0.5) is 0 Å². The number of hydrogen-bond acceptors (Lipinski definition) is 6. The van der Waals surface area contributed by atoms with Gasteiger partial charge < -0.3 is 18.9 Å². The van der Waals surface area contributed by atoms with Crippen molar-refractivity contribution in [1.82, 2.24) is 4.31 Å². The monoisotopic (exact) mass is 391 g/mol. The van der Waals surface area contributed by atoms with E-state index in [1.54, 1.807) is 19.2 Å². The molecule has 2 aromatic carbocycles. The van der Waals surface area contributed by atoms with Crippen molar-refractivity contribution in [3.63, 3.8) is 0 Å². The summed E-state index contributed by atoms with van der Waals surface area (Å²) in [5.41, 5.74) is 0.915. The molecule has 2 aliphatic heterocycles. The Bertz CT molecular complexity index is 912. The van der Waals surface area contributed by atoms with Crippen molar-refractivity contribution in [3.05, 3.63) is 48.0 Å². The number of rotatable bonds is 4. The van der Waals surface area contributed by atoms with E-state index in [4.69, 9.17) is 18.9 Å². The highest BCUT2D eigenvalue weighted by Gasteiger charge is 2.32. The van der Waals surface area contributed by atoms with Crippen LogP contribution in [-0.2, 0) is 14.8 Å². The Hall–Kier alpha value is -2.29. The van der Waals surface area contributed by atoms with Crippen LogP contribution in [-0.4, -0.2) is 52.7 Å². The molecule has 0 bridgehead atoms. The molecule has 2 aromatic rings. The van der Waals surface area contributed by atoms with Crippen LogP contribution in [0.2, 0.25) is 0 Å². The van der Waals surface area contributed by atoms with Crippen molar-refractivity contribution in [2.75, 3.05) is 40.0 Å². The van der Waals surface area contributed by atoms with E-state index in [1.807, 2.05) is 24.3 Å². The van der Waals surface area contributed by atoms with Gasteiger partial charge >= 0.3 is 0 Å². The van der Waals surface area contributed by atoms with E-state index >= 15 is 0 Å². The lowest BCUT2D eigenvalue weighted by Gasteiger charge is -2.32. The molecular formula is C19H21NO6S. The molecule has 8 heteroatoms. The zero-order valence-corrected chi connectivity index (χ0v) is 15.8. The molecule has 1 atom stereocenters. The Morgan fingerprint density at radius 2 is 1.74 bits per heavy atom. The maximum absolute atomic E-state index is 13.1. The number of fused-ring (bicyclic) bond motifs is 1. The zero-order chi connectivity index (χ0) is 18.9. The fourth-order valence-corrected chi connectivity index (χ4v) is 4.64. The standard InChI is InChI=1S/C19H21NO6S/c1-23-15-4-2-14(3-5-15)19-13-20(8-9-24-19)27(21,22)16-6-7-17-18(12-16)26-11-10-25-17/h2-7,12,19H,8-11,13H2,1H3. The summed E-state index contributed by atoms with van der Waals surface area (Å²) >= 11 is 0. The van der Waals surface area contributed by atoms with Crippen molar-refractivity contribution < 1.29 is 27.4 Å². The van der Waals surface area contributed by atoms with Crippen molar-refractivity contribution in [2.45, 2.75) is 11.0 Å². The number of sulfonamides is 1. The van der Waals surface area contributed by atoms with Crippen LogP contribution in [0.1, 0.15) is 11.7 Å². The number of methoxy groups -OCH3 is 1. The molecular weight excluding hydrogens is 370 g/mol. The van der Waals surface area contributed by atoms with E-state index in [-0.39, 0.29) is 17.5 Å². The van der Waals surface area contributed by atoms with Crippen LogP contribution in [0.15, 0.2) is 47.4 Å². The fourth-order valence-electron chi connectivity index (χ4n) is 3.20. The summed E-state index contributed by atoms with van der Waals surface area (Å²) in [5.74, 6) is 1.77. The molecule has 27 heavy (non-hydrogen) atoms. The minimum atomic E-state index is -3.66. The van der Waals surface area contributed by atoms with E-state index in [0.29, 0.717) is 37.9 Å². The third kappa shape index (κ3) is 3.60. The Morgan fingerprint density at radius 1 is 1.00 bits per heavy atom. The summed E-state index contributed by atoms with van der Waals surface area (Å²) < 4.78 is 49.6. The zero-order valence-electron chi connectivity index (χ0n) is 15.0. The number of hydrogen-bond donors (Lipinski definition) is 0. The van der Waals surface area contributed by atoms with Gasteiger partial charge in [0.2, 0.25) is 10.0 Å². The molecule has 1 fully saturated rings. The molecule has 1 saturated heterocycles. The number of ether oxygens (including phenoxy) is 4. The minimum Gasteiger partial charge on any atom is -0.497 e. The number of nitrogens with zero attached hydrogens (tertiary/aromatic N) is 1. The van der Waals surface area contributed by atoms with Crippen molar-refractivity contribution >= 4 is 10.0 Å². The molecule has 144 valence electrons. The van der Waals surface area contributed by atoms with Crippen LogP contribution in [0.3, 0.4) is 0 Å². The minimum absolute atomic E-state index is 0.196. The lowest BCUT2D eigenvalue weighted by atomic mass is 10.1. The SMILES string of the molecule is COc1ccc(C2CN(S(=O)(=O)c3ccc4c(c3)OCCO4)CCO2)cc1. The van der Waals surface area contributed by atoms with Crippen LogP contribution in [0, 0.1) is 0 Å². The Balaban J connectivity index is 1.56. The molecule has 0 aromatic heterocycles. The molecule has 0 radical (unpaired) electrons. The second-order valence-electron chi connectivity index (χ2n) is 6.30. The lowest BCUT2D eigenvalue weighted by Crippen LogP contribution is -2.42.